The van der Waals surface area contributed by atoms with Crippen molar-refractivity contribution in [2.45, 2.75) is 20.4 Å². The fourth-order valence-corrected chi connectivity index (χ4v) is 4.90. The summed E-state index contributed by atoms with van der Waals surface area (Å²) in [5.74, 6) is 0.239. The number of hydrogen-bond acceptors (Lipinski definition) is 4. The molecule has 0 aliphatic carbocycles. The Morgan fingerprint density at radius 1 is 1.00 bits per heavy atom. The quantitative estimate of drug-likeness (QED) is 0.481. The van der Waals surface area contributed by atoms with E-state index in [0.29, 0.717) is 6.54 Å². The van der Waals surface area contributed by atoms with Gasteiger partial charge in [-0.25, -0.2) is 0 Å². The number of aryl methyl sites for hydroxylation is 1. The van der Waals surface area contributed by atoms with E-state index >= 15 is 0 Å². The first-order chi connectivity index (χ1) is 15.1. The molecule has 0 spiro atoms. The van der Waals surface area contributed by atoms with E-state index in [1.165, 1.54) is 10.4 Å². The molecule has 0 saturated carbocycles. The van der Waals surface area contributed by atoms with Crippen LogP contribution >= 0.6 is 11.3 Å². The predicted molar refractivity (Wildman–Crippen MR) is 130 cm³/mol. The average molecular weight is 434 g/mol. The van der Waals surface area contributed by atoms with Gasteiger partial charge < -0.3 is 4.57 Å². The van der Waals surface area contributed by atoms with Gasteiger partial charge in [-0.1, -0.05) is 48.6 Å². The van der Waals surface area contributed by atoms with Crippen molar-refractivity contribution in [2.24, 2.45) is 0 Å². The first-order valence-corrected chi connectivity index (χ1v) is 11.9. The van der Waals surface area contributed by atoms with E-state index in [4.69, 9.17) is 0 Å². The van der Waals surface area contributed by atoms with Crippen LogP contribution in [0.4, 0.5) is 0 Å². The van der Waals surface area contributed by atoms with Gasteiger partial charge in [0.15, 0.2) is 5.78 Å². The molecule has 0 unspecified atom stereocenters. The van der Waals surface area contributed by atoms with Crippen molar-refractivity contribution < 1.29 is 4.79 Å². The second-order valence-corrected chi connectivity index (χ2v) is 9.30. The molecule has 162 valence electrons. The van der Waals surface area contributed by atoms with Gasteiger partial charge in [0, 0.05) is 54.6 Å². The standard InChI is InChI=1S/C26H31N3OS/c1-21-18-25(22(2)29(21)19-24-11-7-17-31-24)26(30)20-28-15-13-27(14-16-28)12-6-10-23-8-4-3-5-9-23/h3-11,17-18H,12-16,19-20H2,1-2H3. The Kier molecular flexibility index (Phi) is 7.17. The lowest BCUT2D eigenvalue weighted by molar-refractivity contribution is 0.0864. The van der Waals surface area contributed by atoms with Crippen molar-refractivity contribution >= 4 is 23.2 Å². The number of nitrogens with zero attached hydrogens (tertiary/aromatic N) is 3. The Bertz CT molecular complexity index is 1010. The van der Waals surface area contributed by atoms with Gasteiger partial charge in [-0.3, -0.25) is 14.6 Å². The van der Waals surface area contributed by atoms with Crippen molar-refractivity contribution in [3.63, 3.8) is 0 Å². The molecule has 1 saturated heterocycles. The molecule has 0 N–H and O–H groups in total. The summed E-state index contributed by atoms with van der Waals surface area (Å²) in [7, 11) is 0. The molecule has 1 aliphatic rings. The zero-order valence-corrected chi connectivity index (χ0v) is 19.3. The molecular weight excluding hydrogens is 402 g/mol. The molecule has 3 heterocycles. The monoisotopic (exact) mass is 433 g/mol. The highest BCUT2D eigenvalue weighted by molar-refractivity contribution is 7.09. The fourth-order valence-electron chi connectivity index (χ4n) is 4.21. The smallest absolute Gasteiger partial charge is 0.178 e. The zero-order valence-electron chi connectivity index (χ0n) is 18.5. The van der Waals surface area contributed by atoms with E-state index in [1.54, 1.807) is 11.3 Å². The molecule has 4 nitrogen and oxygen atoms in total. The van der Waals surface area contributed by atoms with Crippen LogP contribution in [0.3, 0.4) is 0 Å². The number of hydrogen-bond donors (Lipinski definition) is 0. The SMILES string of the molecule is Cc1cc(C(=O)CN2CCN(CC=Cc3ccccc3)CC2)c(C)n1Cc1cccs1. The minimum atomic E-state index is 0.239. The zero-order chi connectivity index (χ0) is 21.6. The largest absolute Gasteiger partial charge is 0.343 e. The van der Waals surface area contributed by atoms with Crippen LogP contribution in [0.15, 0.2) is 60.0 Å². The van der Waals surface area contributed by atoms with E-state index < -0.39 is 0 Å². The number of aromatic nitrogens is 1. The highest BCUT2D eigenvalue weighted by Gasteiger charge is 2.21. The normalized spacial score (nSPS) is 15.7. The summed E-state index contributed by atoms with van der Waals surface area (Å²) in [6.07, 6.45) is 4.42. The molecule has 3 aromatic rings. The van der Waals surface area contributed by atoms with E-state index in [9.17, 15) is 4.79 Å². The number of carbonyl (C=O) groups excluding carboxylic acids is 1. The molecule has 0 bridgehead atoms. The summed E-state index contributed by atoms with van der Waals surface area (Å²) >= 11 is 1.76. The number of ketones is 1. The summed E-state index contributed by atoms with van der Waals surface area (Å²) in [6.45, 7) is 10.4. The van der Waals surface area contributed by atoms with Crippen LogP contribution in [-0.4, -0.2) is 59.4 Å². The molecule has 0 amide bonds. The summed E-state index contributed by atoms with van der Waals surface area (Å²) in [4.78, 5) is 19.1. The van der Waals surface area contributed by atoms with E-state index in [0.717, 1.165) is 56.2 Å². The van der Waals surface area contributed by atoms with Gasteiger partial charge in [-0.05, 0) is 36.9 Å². The summed E-state index contributed by atoms with van der Waals surface area (Å²) in [5, 5.41) is 2.10. The van der Waals surface area contributed by atoms with Gasteiger partial charge in [-0.2, -0.15) is 0 Å². The van der Waals surface area contributed by atoms with Crippen LogP contribution in [0.2, 0.25) is 0 Å². The number of Topliss-reactive ketones (excluding diaryl/α,β-unsaturated/α-hetero) is 1. The fraction of sp³-hybridized carbons (Fsp3) is 0.346. The molecule has 4 rings (SSSR count). The minimum Gasteiger partial charge on any atom is -0.343 e. The lowest BCUT2D eigenvalue weighted by Crippen LogP contribution is -2.47. The second-order valence-electron chi connectivity index (χ2n) is 8.26. The number of piperazine rings is 1. The Morgan fingerprint density at radius 2 is 1.74 bits per heavy atom. The lowest BCUT2D eigenvalue weighted by Gasteiger charge is -2.33. The molecule has 1 aromatic carbocycles. The van der Waals surface area contributed by atoms with Gasteiger partial charge >= 0.3 is 0 Å². The highest BCUT2D eigenvalue weighted by Crippen LogP contribution is 2.20. The lowest BCUT2D eigenvalue weighted by atomic mass is 10.1. The van der Waals surface area contributed by atoms with Gasteiger partial charge in [0.05, 0.1) is 13.1 Å². The molecule has 0 radical (unpaired) electrons. The molecule has 2 aromatic heterocycles. The molecule has 1 fully saturated rings. The topological polar surface area (TPSA) is 28.5 Å². The van der Waals surface area contributed by atoms with Gasteiger partial charge in [0.1, 0.15) is 0 Å². The van der Waals surface area contributed by atoms with Gasteiger partial charge in [0.25, 0.3) is 0 Å². The van der Waals surface area contributed by atoms with Gasteiger partial charge in [0.2, 0.25) is 0 Å². The number of thiophene rings is 1. The van der Waals surface area contributed by atoms with E-state index in [2.05, 4.69) is 88.2 Å². The Morgan fingerprint density at radius 3 is 2.45 bits per heavy atom. The highest BCUT2D eigenvalue weighted by atomic mass is 32.1. The molecule has 1 aliphatic heterocycles. The Hall–Kier alpha value is -2.47. The van der Waals surface area contributed by atoms with E-state index in [1.807, 2.05) is 6.07 Å². The predicted octanol–water partition coefficient (Wildman–Crippen LogP) is 4.73. The van der Waals surface area contributed by atoms with Crippen molar-refractivity contribution in [1.29, 1.82) is 0 Å². The van der Waals surface area contributed by atoms with Crippen molar-refractivity contribution in [3.8, 4) is 0 Å². The van der Waals surface area contributed by atoms with Crippen LogP contribution in [0.5, 0.6) is 0 Å². The maximum atomic E-state index is 13.0. The van der Waals surface area contributed by atoms with Crippen molar-refractivity contribution in [1.82, 2.24) is 14.4 Å². The maximum Gasteiger partial charge on any atom is 0.178 e. The van der Waals surface area contributed by atoms with Crippen LogP contribution < -0.4 is 0 Å². The first kappa shape index (κ1) is 21.8. The third kappa shape index (κ3) is 5.62. The van der Waals surface area contributed by atoms with Crippen LogP contribution in [0.1, 0.15) is 32.2 Å². The Balaban J connectivity index is 1.28. The summed E-state index contributed by atoms with van der Waals surface area (Å²) in [5.41, 5.74) is 4.36. The number of benzene rings is 1. The molecule has 0 atom stereocenters. The molecular formula is C26H31N3OS. The second kappa shape index (κ2) is 10.2. The number of rotatable bonds is 8. The number of carbonyl (C=O) groups is 1. The minimum absolute atomic E-state index is 0.239. The molecule has 5 heteroatoms. The van der Waals surface area contributed by atoms with Gasteiger partial charge in [-0.15, -0.1) is 11.3 Å². The Labute approximate surface area is 189 Å². The third-order valence-electron chi connectivity index (χ3n) is 6.07. The summed E-state index contributed by atoms with van der Waals surface area (Å²) in [6, 6.07) is 16.7. The average Bonchev–Trinajstić information content (AvgIpc) is 3.39. The first-order valence-electron chi connectivity index (χ1n) is 11.0. The van der Waals surface area contributed by atoms with Crippen LogP contribution in [-0.2, 0) is 6.54 Å². The third-order valence-corrected chi connectivity index (χ3v) is 6.93. The molecule has 31 heavy (non-hydrogen) atoms. The maximum absolute atomic E-state index is 13.0. The van der Waals surface area contributed by atoms with Crippen molar-refractivity contribution in [2.75, 3.05) is 39.3 Å². The summed E-state index contributed by atoms with van der Waals surface area (Å²) < 4.78 is 2.26. The van der Waals surface area contributed by atoms with Crippen LogP contribution in [0.25, 0.3) is 6.08 Å². The van der Waals surface area contributed by atoms with Crippen LogP contribution in [0, 0.1) is 13.8 Å². The van der Waals surface area contributed by atoms with Crippen molar-refractivity contribution in [3.05, 3.63) is 87.4 Å². The van der Waals surface area contributed by atoms with E-state index in [-0.39, 0.29) is 5.78 Å².